The van der Waals surface area contributed by atoms with E-state index in [0.29, 0.717) is 19.5 Å². The van der Waals surface area contributed by atoms with Gasteiger partial charge in [0.05, 0.1) is 49.4 Å². The predicted octanol–water partition coefficient (Wildman–Crippen LogP) is 3.19. The summed E-state index contributed by atoms with van der Waals surface area (Å²) >= 11 is 0. The topological polar surface area (TPSA) is 254 Å². The summed E-state index contributed by atoms with van der Waals surface area (Å²) in [6.45, 7) is 6.67. The second-order valence-corrected chi connectivity index (χ2v) is 11.5. The van der Waals surface area contributed by atoms with Crippen molar-refractivity contribution in [1.29, 1.82) is 0 Å². The van der Waals surface area contributed by atoms with E-state index in [0.717, 1.165) is 12.1 Å². The molecule has 1 fully saturated rings. The number of hydrogen-bond acceptors (Lipinski definition) is 13. The Morgan fingerprint density at radius 2 is 1.40 bits per heavy atom. The average molecular weight is 674 g/mol. The zero-order valence-corrected chi connectivity index (χ0v) is 27.0. The van der Waals surface area contributed by atoms with Gasteiger partial charge in [-0.1, -0.05) is 12.2 Å². The van der Waals surface area contributed by atoms with Crippen LogP contribution >= 0.6 is 0 Å². The van der Waals surface area contributed by atoms with E-state index in [2.05, 4.69) is 10.6 Å². The number of nitrogens with one attached hydrogen (secondary N) is 2. The Balaban J connectivity index is 1.59. The van der Waals surface area contributed by atoms with E-state index in [4.69, 9.17) is 30.4 Å². The first kappa shape index (κ1) is 36.8. The smallest absolute Gasteiger partial charge is 0.410 e. The highest BCUT2D eigenvalue weighted by molar-refractivity contribution is 5.96. The molecule has 1 aliphatic heterocycles. The quantitative estimate of drug-likeness (QED) is 0.0815. The van der Waals surface area contributed by atoms with Crippen molar-refractivity contribution in [1.82, 2.24) is 4.90 Å². The highest BCUT2D eigenvalue weighted by Crippen LogP contribution is 2.37. The predicted molar refractivity (Wildman–Crippen MR) is 174 cm³/mol. The van der Waals surface area contributed by atoms with Crippen LogP contribution in [0.3, 0.4) is 0 Å². The minimum atomic E-state index is -0.878. The molecule has 3 rings (SSSR count). The van der Waals surface area contributed by atoms with Crippen LogP contribution in [0.1, 0.15) is 47.9 Å². The molecule has 18 heteroatoms. The first-order valence-electron chi connectivity index (χ1n) is 14.7. The zero-order valence-electron chi connectivity index (χ0n) is 27.0. The molecule has 2 aromatic rings. The lowest BCUT2D eigenvalue weighted by Crippen LogP contribution is -2.56. The molecule has 18 nitrogen and oxygen atoms in total. The first-order valence-corrected chi connectivity index (χ1v) is 14.7. The number of benzene rings is 2. The molecular formula is C30H39N7O11. The SMILES string of the molecule is COc1cc(C(N)=O)cc([N+](=O)[O-])c1NC/C=C/CNc1c(OCCCOC2CN(C(=O)OC(C)(C)C)C2)cc(C(N)=O)cc1[N+](=O)[O-]. The third-order valence-corrected chi connectivity index (χ3v) is 6.70. The lowest BCUT2D eigenvalue weighted by Gasteiger charge is -2.39. The van der Waals surface area contributed by atoms with Crippen LogP contribution < -0.4 is 31.6 Å². The van der Waals surface area contributed by atoms with Crippen molar-refractivity contribution >= 4 is 40.7 Å². The zero-order chi connectivity index (χ0) is 35.6. The minimum absolute atomic E-state index is 0.00914. The van der Waals surface area contributed by atoms with E-state index in [9.17, 15) is 34.6 Å². The fourth-order valence-electron chi connectivity index (χ4n) is 4.40. The number of anilines is 2. The molecule has 0 radical (unpaired) electrons. The highest BCUT2D eigenvalue weighted by Gasteiger charge is 2.34. The summed E-state index contributed by atoms with van der Waals surface area (Å²) in [5.74, 6) is -1.67. The van der Waals surface area contributed by atoms with Gasteiger partial charge < -0.3 is 45.9 Å². The molecule has 0 unspecified atom stereocenters. The molecule has 1 heterocycles. The van der Waals surface area contributed by atoms with Gasteiger partial charge in [0.1, 0.15) is 17.1 Å². The van der Waals surface area contributed by atoms with E-state index >= 15 is 0 Å². The van der Waals surface area contributed by atoms with Crippen molar-refractivity contribution in [2.75, 3.05) is 57.1 Å². The fraction of sp³-hybridized carbons (Fsp3) is 0.433. The number of likely N-dealkylation sites (tertiary alicyclic amines) is 1. The van der Waals surface area contributed by atoms with Gasteiger partial charge in [0.15, 0.2) is 11.4 Å². The van der Waals surface area contributed by atoms with Gasteiger partial charge in [-0.25, -0.2) is 4.79 Å². The summed E-state index contributed by atoms with van der Waals surface area (Å²) in [5.41, 5.74) is 9.03. The normalized spacial score (nSPS) is 13.0. The Morgan fingerprint density at radius 3 is 1.85 bits per heavy atom. The Labute approximate surface area is 275 Å². The maximum Gasteiger partial charge on any atom is 0.410 e. The molecule has 0 atom stereocenters. The molecule has 3 amide bonds. The summed E-state index contributed by atoms with van der Waals surface area (Å²) in [6, 6.07) is 4.66. The maximum absolute atomic E-state index is 12.1. The summed E-state index contributed by atoms with van der Waals surface area (Å²) in [6.07, 6.45) is 3.04. The Bertz CT molecular complexity index is 1570. The molecule has 2 aromatic carbocycles. The van der Waals surface area contributed by atoms with Crippen LogP contribution in [0.4, 0.5) is 27.5 Å². The monoisotopic (exact) mass is 673 g/mol. The number of carbonyl (C=O) groups excluding carboxylic acids is 3. The van der Waals surface area contributed by atoms with Crippen LogP contribution in [-0.4, -0.2) is 90.9 Å². The molecule has 0 bridgehead atoms. The van der Waals surface area contributed by atoms with Gasteiger partial charge >= 0.3 is 6.09 Å². The van der Waals surface area contributed by atoms with Crippen molar-refractivity contribution in [3.05, 3.63) is 67.8 Å². The van der Waals surface area contributed by atoms with Crippen LogP contribution in [0.5, 0.6) is 11.5 Å². The van der Waals surface area contributed by atoms with Gasteiger partial charge in [0, 0.05) is 42.8 Å². The van der Waals surface area contributed by atoms with Crippen LogP contribution in [0, 0.1) is 20.2 Å². The van der Waals surface area contributed by atoms with Crippen molar-refractivity contribution < 1.29 is 43.2 Å². The number of nitro benzene ring substituents is 2. The lowest BCUT2D eigenvalue weighted by molar-refractivity contribution is -0.384. The molecule has 0 aromatic heterocycles. The molecule has 0 aliphatic carbocycles. The van der Waals surface area contributed by atoms with Crippen molar-refractivity contribution in [3.8, 4) is 11.5 Å². The molecule has 0 saturated carbocycles. The summed E-state index contributed by atoms with van der Waals surface area (Å²) < 4.78 is 22.1. The number of ether oxygens (including phenoxy) is 4. The standard InChI is InChI=1S/C30H39N7O11/c1-30(2,3)48-29(40)35-16-20(17-35)46-10-7-11-47-24-15-19(28(32)39)13-22(37(43)44)26(24)34-9-6-5-8-33-25-21(36(41)42)12-18(27(31)38)14-23(25)45-4/h5-6,12-15,20,33-34H,7-11,16-17H2,1-4H3,(H2,31,38)(H2,32,39)/b6-5+. The number of nitro groups is 2. The number of nitrogens with zero attached hydrogens (tertiary/aromatic N) is 3. The van der Waals surface area contributed by atoms with Gasteiger partial charge in [0.2, 0.25) is 11.8 Å². The van der Waals surface area contributed by atoms with Gasteiger partial charge in [-0.2, -0.15) is 0 Å². The number of methoxy groups -OCH3 is 1. The largest absolute Gasteiger partial charge is 0.494 e. The maximum atomic E-state index is 12.1. The van der Waals surface area contributed by atoms with Crippen LogP contribution in [0.25, 0.3) is 0 Å². The van der Waals surface area contributed by atoms with Gasteiger partial charge in [-0.05, 0) is 32.9 Å². The number of nitrogens with two attached hydrogens (primary N) is 2. The molecule has 1 aliphatic rings. The molecule has 6 N–H and O–H groups in total. The Hall–Kier alpha value is -5.65. The van der Waals surface area contributed by atoms with Gasteiger partial charge in [-0.3, -0.25) is 29.8 Å². The molecular weight excluding hydrogens is 634 g/mol. The number of amides is 3. The lowest BCUT2D eigenvalue weighted by atomic mass is 10.1. The van der Waals surface area contributed by atoms with Crippen molar-refractivity contribution in [3.63, 3.8) is 0 Å². The third kappa shape index (κ3) is 10.2. The first-order chi connectivity index (χ1) is 22.6. The van der Waals surface area contributed by atoms with Crippen molar-refractivity contribution in [2.45, 2.75) is 38.9 Å². The molecule has 260 valence electrons. The Morgan fingerprint density at radius 1 is 0.896 bits per heavy atom. The molecule has 1 saturated heterocycles. The van der Waals surface area contributed by atoms with E-state index in [1.807, 2.05) is 0 Å². The van der Waals surface area contributed by atoms with Crippen LogP contribution in [0.2, 0.25) is 0 Å². The number of primary amides is 2. The summed E-state index contributed by atoms with van der Waals surface area (Å²) in [5, 5.41) is 29.2. The highest BCUT2D eigenvalue weighted by atomic mass is 16.6. The second-order valence-electron chi connectivity index (χ2n) is 11.5. The summed E-state index contributed by atoms with van der Waals surface area (Å²) in [7, 11) is 1.29. The number of carbonyl (C=O) groups is 3. The van der Waals surface area contributed by atoms with Gasteiger partial charge in [0.25, 0.3) is 11.4 Å². The van der Waals surface area contributed by atoms with E-state index < -0.39 is 44.7 Å². The van der Waals surface area contributed by atoms with Gasteiger partial charge in [-0.15, -0.1) is 0 Å². The average Bonchev–Trinajstić information content (AvgIpc) is 2.97. The van der Waals surface area contributed by atoms with E-state index in [-0.39, 0.29) is 66.4 Å². The second kappa shape index (κ2) is 16.3. The van der Waals surface area contributed by atoms with E-state index in [1.54, 1.807) is 32.9 Å². The molecule has 0 spiro atoms. The number of hydrogen-bond donors (Lipinski definition) is 4. The van der Waals surface area contributed by atoms with Crippen LogP contribution in [-0.2, 0) is 9.47 Å². The minimum Gasteiger partial charge on any atom is -0.494 e. The molecule has 48 heavy (non-hydrogen) atoms. The number of rotatable bonds is 17. The Kier molecular flexibility index (Phi) is 12.5. The van der Waals surface area contributed by atoms with Crippen molar-refractivity contribution in [2.24, 2.45) is 11.5 Å². The van der Waals surface area contributed by atoms with Crippen LogP contribution in [0.15, 0.2) is 36.4 Å². The summed E-state index contributed by atoms with van der Waals surface area (Å²) in [4.78, 5) is 59.1. The fourth-order valence-corrected chi connectivity index (χ4v) is 4.40. The third-order valence-electron chi connectivity index (χ3n) is 6.70. The van der Waals surface area contributed by atoms with E-state index in [1.165, 1.54) is 24.1 Å².